The van der Waals surface area contributed by atoms with Gasteiger partial charge in [0.2, 0.25) is 0 Å². The minimum absolute atomic E-state index is 0.0303. The lowest BCUT2D eigenvalue weighted by molar-refractivity contribution is -0.385. The fraction of sp³-hybridized carbons (Fsp3) is 0.133. The van der Waals surface area contributed by atoms with Crippen LogP contribution in [0.4, 0.5) is 5.69 Å². The number of ether oxygens (including phenoxy) is 1. The molecule has 0 fully saturated rings. The van der Waals surface area contributed by atoms with E-state index in [0.29, 0.717) is 18.0 Å². The molecule has 2 rings (SSSR count). The summed E-state index contributed by atoms with van der Waals surface area (Å²) in [5.41, 5.74) is 6.32. The molecule has 0 aliphatic heterocycles. The van der Waals surface area contributed by atoms with Gasteiger partial charge in [0, 0.05) is 12.1 Å². The van der Waals surface area contributed by atoms with Gasteiger partial charge >= 0.3 is 0 Å². The Kier molecular flexibility index (Phi) is 4.49. The van der Waals surface area contributed by atoms with Crippen molar-refractivity contribution in [3.05, 3.63) is 63.7 Å². The van der Waals surface area contributed by atoms with Crippen molar-refractivity contribution >= 4 is 5.69 Å². The van der Waals surface area contributed by atoms with Crippen molar-refractivity contribution in [2.24, 2.45) is 5.73 Å². The van der Waals surface area contributed by atoms with Crippen LogP contribution in [0.25, 0.3) is 0 Å². The Morgan fingerprint density at radius 3 is 2.43 bits per heavy atom. The van der Waals surface area contributed by atoms with Crippen LogP contribution in [0.1, 0.15) is 11.1 Å². The first kappa shape index (κ1) is 14.5. The van der Waals surface area contributed by atoms with Gasteiger partial charge in [0.05, 0.1) is 4.92 Å². The van der Waals surface area contributed by atoms with E-state index < -0.39 is 4.92 Å². The Labute approximate surface area is 121 Å². The molecule has 0 spiro atoms. The Bertz CT molecular complexity index is 690. The van der Waals surface area contributed by atoms with E-state index in [-0.39, 0.29) is 11.3 Å². The number of benzene rings is 2. The molecule has 0 atom stereocenters. The summed E-state index contributed by atoms with van der Waals surface area (Å²) in [7, 11) is 0. The molecule has 0 radical (unpaired) electrons. The largest absolute Gasteiger partial charge is 0.457 e. The molecule has 21 heavy (non-hydrogen) atoms. The number of nitro groups is 1. The van der Waals surface area contributed by atoms with Crippen LogP contribution < -0.4 is 10.5 Å². The standard InChI is InChI=1S/C15H13N3O3/c16-8-7-11-1-3-13(4-2-11)21-14-5-6-15(18(19)20)12(9-14)10-17/h1-6,9H,7-8,16H2. The number of hydrogen-bond donors (Lipinski definition) is 1. The van der Waals surface area contributed by atoms with Crippen LogP contribution in [-0.2, 0) is 6.42 Å². The highest BCUT2D eigenvalue weighted by Crippen LogP contribution is 2.27. The lowest BCUT2D eigenvalue weighted by Gasteiger charge is -2.07. The summed E-state index contributed by atoms with van der Waals surface area (Å²) in [5, 5.41) is 19.7. The maximum atomic E-state index is 10.8. The van der Waals surface area contributed by atoms with Crippen LogP contribution >= 0.6 is 0 Å². The Morgan fingerprint density at radius 1 is 1.19 bits per heavy atom. The lowest BCUT2D eigenvalue weighted by atomic mass is 10.1. The Hall–Kier alpha value is -2.91. The number of nitrogens with zero attached hydrogens (tertiary/aromatic N) is 2. The zero-order valence-electron chi connectivity index (χ0n) is 11.2. The SMILES string of the molecule is N#Cc1cc(Oc2ccc(CCN)cc2)ccc1[N+](=O)[O-]. The van der Waals surface area contributed by atoms with Crippen molar-refractivity contribution in [2.75, 3.05) is 6.54 Å². The summed E-state index contributed by atoms with van der Waals surface area (Å²) < 4.78 is 5.58. The Morgan fingerprint density at radius 2 is 1.86 bits per heavy atom. The van der Waals surface area contributed by atoms with Crippen molar-refractivity contribution in [1.82, 2.24) is 0 Å². The predicted molar refractivity (Wildman–Crippen MR) is 77.1 cm³/mol. The molecule has 2 aromatic rings. The van der Waals surface area contributed by atoms with Crippen LogP contribution in [0.5, 0.6) is 11.5 Å². The third kappa shape index (κ3) is 3.55. The maximum Gasteiger partial charge on any atom is 0.287 e. The van der Waals surface area contributed by atoms with Crippen LogP contribution in [0.3, 0.4) is 0 Å². The van der Waals surface area contributed by atoms with E-state index in [4.69, 9.17) is 15.7 Å². The maximum absolute atomic E-state index is 10.8. The Balaban J connectivity index is 2.20. The molecule has 6 nitrogen and oxygen atoms in total. The zero-order valence-corrected chi connectivity index (χ0v) is 11.2. The highest BCUT2D eigenvalue weighted by Gasteiger charge is 2.14. The van der Waals surface area contributed by atoms with E-state index in [0.717, 1.165) is 12.0 Å². The molecule has 0 saturated heterocycles. The quantitative estimate of drug-likeness (QED) is 0.671. The first-order valence-electron chi connectivity index (χ1n) is 6.29. The number of nitro benzene ring substituents is 1. The van der Waals surface area contributed by atoms with Crippen LogP contribution in [0.2, 0.25) is 0 Å². The second-order valence-electron chi connectivity index (χ2n) is 4.33. The minimum atomic E-state index is -0.593. The van der Waals surface area contributed by atoms with E-state index in [2.05, 4.69) is 0 Å². The molecule has 0 bridgehead atoms. The van der Waals surface area contributed by atoms with Gasteiger partial charge in [-0.25, -0.2) is 0 Å². The van der Waals surface area contributed by atoms with E-state index in [1.807, 2.05) is 12.1 Å². The molecule has 0 heterocycles. The number of rotatable bonds is 5. The van der Waals surface area contributed by atoms with Gasteiger partial charge in [0.1, 0.15) is 23.1 Å². The van der Waals surface area contributed by atoms with E-state index >= 15 is 0 Å². The van der Waals surface area contributed by atoms with E-state index in [1.54, 1.807) is 18.2 Å². The van der Waals surface area contributed by atoms with Gasteiger partial charge < -0.3 is 10.5 Å². The molecule has 106 valence electrons. The summed E-state index contributed by atoms with van der Waals surface area (Å²) in [4.78, 5) is 10.2. The van der Waals surface area contributed by atoms with Crippen molar-refractivity contribution in [3.63, 3.8) is 0 Å². The van der Waals surface area contributed by atoms with Crippen molar-refractivity contribution in [1.29, 1.82) is 5.26 Å². The zero-order chi connectivity index (χ0) is 15.2. The fourth-order valence-corrected chi connectivity index (χ4v) is 1.85. The average Bonchev–Trinajstić information content (AvgIpc) is 2.49. The lowest BCUT2D eigenvalue weighted by Crippen LogP contribution is -2.02. The van der Waals surface area contributed by atoms with Crippen molar-refractivity contribution in [3.8, 4) is 17.6 Å². The molecular weight excluding hydrogens is 270 g/mol. The van der Waals surface area contributed by atoms with Gasteiger partial charge in [0.15, 0.2) is 0 Å². The second-order valence-corrected chi connectivity index (χ2v) is 4.33. The van der Waals surface area contributed by atoms with Gasteiger partial charge in [-0.1, -0.05) is 12.1 Å². The number of hydrogen-bond acceptors (Lipinski definition) is 5. The molecular formula is C15H13N3O3. The fourth-order valence-electron chi connectivity index (χ4n) is 1.85. The second kappa shape index (κ2) is 6.50. The summed E-state index contributed by atoms with van der Waals surface area (Å²) in [6, 6.07) is 13.3. The summed E-state index contributed by atoms with van der Waals surface area (Å²) >= 11 is 0. The van der Waals surface area contributed by atoms with Gasteiger partial charge in [-0.3, -0.25) is 10.1 Å². The molecule has 6 heteroatoms. The first-order chi connectivity index (χ1) is 10.1. The smallest absolute Gasteiger partial charge is 0.287 e. The van der Waals surface area contributed by atoms with Gasteiger partial charge in [-0.15, -0.1) is 0 Å². The van der Waals surface area contributed by atoms with Crippen LogP contribution in [0, 0.1) is 21.4 Å². The highest BCUT2D eigenvalue weighted by atomic mass is 16.6. The van der Waals surface area contributed by atoms with Gasteiger partial charge in [-0.2, -0.15) is 5.26 Å². The van der Waals surface area contributed by atoms with Crippen LogP contribution in [-0.4, -0.2) is 11.5 Å². The van der Waals surface area contributed by atoms with Gasteiger partial charge in [0.25, 0.3) is 5.69 Å². The summed E-state index contributed by atoms with van der Waals surface area (Å²) in [6.07, 6.45) is 0.788. The molecule has 0 saturated carbocycles. The topological polar surface area (TPSA) is 102 Å². The molecule has 2 N–H and O–H groups in total. The molecule has 0 amide bonds. The highest BCUT2D eigenvalue weighted by molar-refractivity contribution is 5.52. The third-order valence-electron chi connectivity index (χ3n) is 2.88. The predicted octanol–water partition coefficient (Wildman–Crippen LogP) is 2.76. The molecule has 0 aliphatic carbocycles. The molecule has 2 aromatic carbocycles. The monoisotopic (exact) mass is 283 g/mol. The van der Waals surface area contributed by atoms with Crippen LogP contribution in [0.15, 0.2) is 42.5 Å². The number of nitriles is 1. The average molecular weight is 283 g/mol. The summed E-state index contributed by atoms with van der Waals surface area (Å²) in [6.45, 7) is 0.577. The van der Waals surface area contributed by atoms with E-state index in [9.17, 15) is 10.1 Å². The van der Waals surface area contributed by atoms with E-state index in [1.165, 1.54) is 18.2 Å². The minimum Gasteiger partial charge on any atom is -0.457 e. The van der Waals surface area contributed by atoms with Crippen molar-refractivity contribution in [2.45, 2.75) is 6.42 Å². The van der Waals surface area contributed by atoms with Gasteiger partial charge in [-0.05, 0) is 36.7 Å². The van der Waals surface area contributed by atoms with Crippen molar-refractivity contribution < 1.29 is 9.66 Å². The summed E-state index contributed by atoms with van der Waals surface area (Å²) in [5.74, 6) is 0.970. The molecule has 0 aromatic heterocycles. The molecule has 0 aliphatic rings. The number of nitrogens with two attached hydrogens (primary N) is 1. The third-order valence-corrected chi connectivity index (χ3v) is 2.88. The first-order valence-corrected chi connectivity index (χ1v) is 6.29. The molecule has 0 unspecified atom stereocenters. The normalized spacial score (nSPS) is 9.90.